The molecule has 0 fully saturated rings. The van der Waals surface area contributed by atoms with Gasteiger partial charge in [0.2, 0.25) is 0 Å². The van der Waals surface area contributed by atoms with Crippen LogP contribution in [0.4, 0.5) is 0 Å². The van der Waals surface area contributed by atoms with Crippen molar-refractivity contribution in [3.8, 4) is 0 Å². The summed E-state index contributed by atoms with van der Waals surface area (Å²) >= 11 is 0. The summed E-state index contributed by atoms with van der Waals surface area (Å²) in [7, 11) is -3.10. The van der Waals surface area contributed by atoms with Gasteiger partial charge in [-0.1, -0.05) is 49.4 Å². The second kappa shape index (κ2) is 4.87. The molecule has 0 saturated heterocycles. The molecule has 0 aliphatic carbocycles. The zero-order valence-corrected chi connectivity index (χ0v) is 12.0. The van der Waals surface area contributed by atoms with Crippen LogP contribution in [0.15, 0.2) is 48.5 Å². The van der Waals surface area contributed by atoms with E-state index < -0.39 is 9.84 Å². The Hall–Kier alpha value is -1.94. The third-order valence-corrected chi connectivity index (χ3v) is 5.08. The van der Waals surface area contributed by atoms with Crippen LogP contribution in [0, 0.1) is 0 Å². The number of nitrogens with zero attached hydrogens (tertiary/aromatic N) is 1. The van der Waals surface area contributed by atoms with Crippen LogP contribution in [0.1, 0.15) is 12.6 Å². The van der Waals surface area contributed by atoms with Gasteiger partial charge in [-0.05, 0) is 11.5 Å². The molecule has 0 aliphatic heterocycles. The zero-order chi connectivity index (χ0) is 14.2. The lowest BCUT2D eigenvalue weighted by Gasteiger charge is -2.09. The minimum Gasteiger partial charge on any atom is -0.251 e. The minimum atomic E-state index is -3.10. The maximum atomic E-state index is 11.9. The summed E-state index contributed by atoms with van der Waals surface area (Å²) in [6.45, 7) is 1.67. The molecule has 3 rings (SSSR count). The summed E-state index contributed by atoms with van der Waals surface area (Å²) in [6.07, 6.45) is 0. The van der Waals surface area contributed by atoms with Crippen molar-refractivity contribution in [3.63, 3.8) is 0 Å². The Bertz CT molecular complexity index is 885. The van der Waals surface area contributed by atoms with Crippen molar-refractivity contribution in [2.75, 3.05) is 5.75 Å². The first-order chi connectivity index (χ1) is 9.61. The number of hydrogen-bond donors (Lipinski definition) is 0. The van der Waals surface area contributed by atoms with E-state index in [-0.39, 0.29) is 11.5 Å². The second-order valence-corrected chi connectivity index (χ2v) is 7.15. The van der Waals surface area contributed by atoms with Crippen LogP contribution >= 0.6 is 0 Å². The van der Waals surface area contributed by atoms with E-state index in [1.54, 1.807) is 6.92 Å². The predicted octanol–water partition coefficient (Wildman–Crippen LogP) is 3.32. The Morgan fingerprint density at radius 1 is 0.900 bits per heavy atom. The number of benzene rings is 2. The average molecular weight is 285 g/mol. The Morgan fingerprint density at radius 2 is 1.50 bits per heavy atom. The molecule has 102 valence electrons. The van der Waals surface area contributed by atoms with E-state index in [1.165, 1.54) is 0 Å². The molecule has 0 N–H and O–H groups in total. The van der Waals surface area contributed by atoms with Crippen LogP contribution in [0.5, 0.6) is 0 Å². The molecule has 0 radical (unpaired) electrons. The van der Waals surface area contributed by atoms with E-state index in [1.807, 2.05) is 48.5 Å². The molecule has 2 aromatic carbocycles. The van der Waals surface area contributed by atoms with Crippen molar-refractivity contribution in [1.82, 2.24) is 4.98 Å². The maximum absolute atomic E-state index is 11.9. The molecule has 1 aromatic heterocycles. The van der Waals surface area contributed by atoms with Crippen LogP contribution in [0.25, 0.3) is 21.7 Å². The van der Waals surface area contributed by atoms with Crippen LogP contribution in [0.2, 0.25) is 0 Å². The number of fused-ring (bicyclic) bond motifs is 3. The summed E-state index contributed by atoms with van der Waals surface area (Å²) in [5.74, 6) is 0.130. The quantitative estimate of drug-likeness (QED) is 0.693. The topological polar surface area (TPSA) is 47.0 Å². The molecule has 0 unspecified atom stereocenters. The fraction of sp³-hybridized carbons (Fsp3) is 0.188. The van der Waals surface area contributed by atoms with Crippen molar-refractivity contribution >= 4 is 31.5 Å². The SMILES string of the molecule is CCS(=O)(=O)Cc1nc2ccccc2c2ccccc12. The summed E-state index contributed by atoms with van der Waals surface area (Å²) < 4.78 is 23.8. The van der Waals surface area contributed by atoms with Gasteiger partial charge in [0.05, 0.1) is 17.0 Å². The van der Waals surface area contributed by atoms with Gasteiger partial charge in [-0.25, -0.2) is 8.42 Å². The van der Waals surface area contributed by atoms with Gasteiger partial charge < -0.3 is 0 Å². The van der Waals surface area contributed by atoms with Crippen molar-refractivity contribution < 1.29 is 8.42 Å². The molecular formula is C16H15NO2S. The van der Waals surface area contributed by atoms with E-state index in [2.05, 4.69) is 4.98 Å². The number of rotatable bonds is 3. The molecule has 1 heterocycles. The molecule has 0 bridgehead atoms. The molecule has 0 spiro atoms. The summed E-state index contributed by atoms with van der Waals surface area (Å²) in [4.78, 5) is 4.56. The second-order valence-electron chi connectivity index (χ2n) is 4.80. The number of hydrogen-bond acceptors (Lipinski definition) is 3. The fourth-order valence-corrected chi connectivity index (χ4v) is 3.24. The van der Waals surface area contributed by atoms with Crippen LogP contribution in [-0.2, 0) is 15.6 Å². The van der Waals surface area contributed by atoms with Gasteiger partial charge in [0.1, 0.15) is 0 Å². The summed E-state index contributed by atoms with van der Waals surface area (Å²) in [5, 5.41) is 3.03. The maximum Gasteiger partial charge on any atom is 0.155 e. The van der Waals surface area contributed by atoms with Gasteiger partial charge in [0.15, 0.2) is 9.84 Å². The Morgan fingerprint density at radius 3 is 2.20 bits per heavy atom. The molecule has 3 nitrogen and oxygen atoms in total. The van der Waals surface area contributed by atoms with E-state index in [0.29, 0.717) is 5.69 Å². The molecule has 4 heteroatoms. The van der Waals surface area contributed by atoms with Crippen molar-refractivity contribution in [3.05, 3.63) is 54.2 Å². The van der Waals surface area contributed by atoms with Crippen LogP contribution in [-0.4, -0.2) is 19.2 Å². The zero-order valence-electron chi connectivity index (χ0n) is 11.2. The smallest absolute Gasteiger partial charge is 0.155 e. The molecular weight excluding hydrogens is 270 g/mol. The predicted molar refractivity (Wildman–Crippen MR) is 82.4 cm³/mol. The summed E-state index contributed by atoms with van der Waals surface area (Å²) in [6, 6.07) is 15.7. The van der Waals surface area contributed by atoms with E-state index in [0.717, 1.165) is 21.7 Å². The van der Waals surface area contributed by atoms with Crippen LogP contribution in [0.3, 0.4) is 0 Å². The number of aromatic nitrogens is 1. The Balaban J connectivity index is 2.35. The summed E-state index contributed by atoms with van der Waals surface area (Å²) in [5.41, 5.74) is 1.48. The first kappa shape index (κ1) is 13.1. The molecule has 0 saturated carbocycles. The fourth-order valence-electron chi connectivity index (χ4n) is 2.39. The highest BCUT2D eigenvalue weighted by atomic mass is 32.2. The van der Waals surface area contributed by atoms with Crippen molar-refractivity contribution in [1.29, 1.82) is 0 Å². The molecule has 0 amide bonds. The van der Waals surface area contributed by atoms with Gasteiger partial charge in [-0.3, -0.25) is 4.98 Å². The van der Waals surface area contributed by atoms with Crippen molar-refractivity contribution in [2.24, 2.45) is 0 Å². The van der Waals surface area contributed by atoms with E-state index >= 15 is 0 Å². The monoisotopic (exact) mass is 285 g/mol. The first-order valence-corrected chi connectivity index (χ1v) is 8.39. The highest BCUT2D eigenvalue weighted by molar-refractivity contribution is 7.90. The molecule has 0 atom stereocenters. The third kappa shape index (κ3) is 2.27. The molecule has 20 heavy (non-hydrogen) atoms. The molecule has 3 aromatic rings. The van der Waals surface area contributed by atoms with E-state index in [4.69, 9.17) is 0 Å². The standard InChI is InChI=1S/C16H15NO2S/c1-2-20(18,19)11-16-14-9-4-3-7-12(14)13-8-5-6-10-15(13)17-16/h3-10H,2,11H2,1H3. The van der Waals surface area contributed by atoms with Gasteiger partial charge in [-0.2, -0.15) is 0 Å². The normalized spacial score (nSPS) is 12.1. The largest absolute Gasteiger partial charge is 0.251 e. The Labute approximate surface area is 118 Å². The lowest BCUT2D eigenvalue weighted by Crippen LogP contribution is -2.08. The third-order valence-electron chi connectivity index (χ3n) is 3.48. The highest BCUT2D eigenvalue weighted by Gasteiger charge is 2.14. The molecule has 0 aliphatic rings. The van der Waals surface area contributed by atoms with Gasteiger partial charge >= 0.3 is 0 Å². The first-order valence-electron chi connectivity index (χ1n) is 6.57. The van der Waals surface area contributed by atoms with E-state index in [9.17, 15) is 8.42 Å². The highest BCUT2D eigenvalue weighted by Crippen LogP contribution is 2.27. The average Bonchev–Trinajstić information content (AvgIpc) is 2.47. The number of para-hydroxylation sites is 1. The number of sulfone groups is 1. The number of pyridine rings is 1. The van der Waals surface area contributed by atoms with Crippen molar-refractivity contribution in [2.45, 2.75) is 12.7 Å². The van der Waals surface area contributed by atoms with Gasteiger partial charge in [0, 0.05) is 16.5 Å². The lowest BCUT2D eigenvalue weighted by atomic mass is 10.0. The van der Waals surface area contributed by atoms with Gasteiger partial charge in [-0.15, -0.1) is 0 Å². The van der Waals surface area contributed by atoms with Crippen LogP contribution < -0.4 is 0 Å². The minimum absolute atomic E-state index is 0.00511. The lowest BCUT2D eigenvalue weighted by molar-refractivity contribution is 0.596. The Kier molecular flexibility index (Phi) is 3.18. The van der Waals surface area contributed by atoms with Gasteiger partial charge in [0.25, 0.3) is 0 Å².